The van der Waals surface area contributed by atoms with Crippen LogP contribution in [0.5, 0.6) is 0 Å². The smallest absolute Gasteiger partial charge is 0.247 e. The van der Waals surface area contributed by atoms with Gasteiger partial charge in [0.1, 0.15) is 0 Å². The molecule has 0 aliphatic carbocycles. The molecule has 1 nitrogen and oxygen atoms in total. The van der Waals surface area contributed by atoms with Crippen LogP contribution in [0.15, 0.2) is 72.8 Å². The Kier molecular flexibility index (Phi) is 4.24. The van der Waals surface area contributed by atoms with Crippen LogP contribution in [-0.4, -0.2) is 6.71 Å². The standard InChI is InChI=1S/C31H30BN/c1-19-7-12-23(13-8-19)33-27-15-10-21(3)18-26(27)32-25-14-9-20(2)17-24(25)31(5,6)29-22(4)11-16-28(33)30(29)32/h7-18H,1-6H3. The SMILES string of the molecule is Cc1ccc(N2c3ccc(C)cc3B3c4ccc(C)cc4C(C)(C)c4c(C)ccc2c43)cc1. The summed E-state index contributed by atoms with van der Waals surface area (Å²) in [5.41, 5.74) is 16.4. The molecule has 0 radical (unpaired) electrons. The van der Waals surface area contributed by atoms with E-state index in [9.17, 15) is 0 Å². The summed E-state index contributed by atoms with van der Waals surface area (Å²) in [7, 11) is 0. The van der Waals surface area contributed by atoms with E-state index in [4.69, 9.17) is 0 Å². The number of hydrogen-bond donors (Lipinski definition) is 0. The van der Waals surface area contributed by atoms with Crippen LogP contribution in [0.4, 0.5) is 17.1 Å². The van der Waals surface area contributed by atoms with Gasteiger partial charge in [0.2, 0.25) is 6.71 Å². The first-order valence-electron chi connectivity index (χ1n) is 12.0. The minimum absolute atomic E-state index is 0.0481. The van der Waals surface area contributed by atoms with E-state index in [0.29, 0.717) is 0 Å². The maximum Gasteiger partial charge on any atom is 0.247 e. The Morgan fingerprint density at radius 2 is 1.27 bits per heavy atom. The molecule has 4 aromatic rings. The number of benzene rings is 4. The van der Waals surface area contributed by atoms with Crippen LogP contribution < -0.4 is 21.3 Å². The van der Waals surface area contributed by atoms with Crippen LogP contribution >= 0.6 is 0 Å². The normalized spacial score (nSPS) is 15.1. The van der Waals surface area contributed by atoms with Gasteiger partial charge in [0.05, 0.1) is 0 Å². The average Bonchev–Trinajstić information content (AvgIpc) is 2.78. The van der Waals surface area contributed by atoms with Crippen LogP contribution in [0.25, 0.3) is 0 Å². The van der Waals surface area contributed by atoms with E-state index in [2.05, 4.69) is 119 Å². The monoisotopic (exact) mass is 427 g/mol. The zero-order valence-electron chi connectivity index (χ0n) is 20.5. The lowest BCUT2D eigenvalue weighted by atomic mass is 9.30. The number of nitrogens with zero attached hydrogens (tertiary/aromatic N) is 1. The van der Waals surface area contributed by atoms with Crippen LogP contribution in [0.1, 0.15) is 47.2 Å². The fourth-order valence-electron chi connectivity index (χ4n) is 6.32. The Balaban J connectivity index is 1.75. The predicted molar refractivity (Wildman–Crippen MR) is 143 cm³/mol. The summed E-state index contributed by atoms with van der Waals surface area (Å²) in [5, 5.41) is 0. The van der Waals surface area contributed by atoms with Crippen molar-refractivity contribution in [1.82, 2.24) is 0 Å². The van der Waals surface area contributed by atoms with E-state index in [1.165, 1.54) is 66.8 Å². The first-order chi connectivity index (χ1) is 15.8. The molecule has 0 aromatic heterocycles. The highest BCUT2D eigenvalue weighted by Crippen LogP contribution is 2.43. The fourth-order valence-corrected chi connectivity index (χ4v) is 6.32. The molecule has 2 heteroatoms. The summed E-state index contributed by atoms with van der Waals surface area (Å²) in [4.78, 5) is 2.48. The Hall–Kier alpha value is -3.26. The molecular weight excluding hydrogens is 397 g/mol. The van der Waals surface area contributed by atoms with Gasteiger partial charge in [-0.25, -0.2) is 0 Å². The molecule has 2 aliphatic rings. The van der Waals surface area contributed by atoms with E-state index >= 15 is 0 Å². The summed E-state index contributed by atoms with van der Waals surface area (Å²) >= 11 is 0. The highest BCUT2D eigenvalue weighted by atomic mass is 15.1. The van der Waals surface area contributed by atoms with E-state index in [1.807, 2.05) is 0 Å². The Morgan fingerprint density at radius 1 is 0.636 bits per heavy atom. The van der Waals surface area contributed by atoms with Crippen LogP contribution in [0.3, 0.4) is 0 Å². The third-order valence-electron chi connectivity index (χ3n) is 7.81. The lowest BCUT2D eigenvalue weighted by molar-refractivity contribution is 0.640. The van der Waals surface area contributed by atoms with Gasteiger partial charge in [-0.15, -0.1) is 0 Å². The maximum atomic E-state index is 2.48. The molecule has 2 aliphatic heterocycles. The van der Waals surface area contributed by atoms with Crippen molar-refractivity contribution in [1.29, 1.82) is 0 Å². The number of fused-ring (bicyclic) bond motifs is 4. The van der Waals surface area contributed by atoms with Gasteiger partial charge < -0.3 is 4.90 Å². The molecule has 33 heavy (non-hydrogen) atoms. The van der Waals surface area contributed by atoms with Gasteiger partial charge in [-0.2, -0.15) is 0 Å². The van der Waals surface area contributed by atoms with Crippen molar-refractivity contribution < 1.29 is 0 Å². The predicted octanol–water partition coefficient (Wildman–Crippen LogP) is 5.86. The number of aryl methyl sites for hydroxylation is 4. The van der Waals surface area contributed by atoms with Crippen molar-refractivity contribution in [2.24, 2.45) is 0 Å². The third-order valence-corrected chi connectivity index (χ3v) is 7.81. The molecular formula is C31H30BN. The van der Waals surface area contributed by atoms with Crippen molar-refractivity contribution in [2.45, 2.75) is 47.0 Å². The van der Waals surface area contributed by atoms with Crippen LogP contribution in [-0.2, 0) is 5.41 Å². The van der Waals surface area contributed by atoms with Crippen molar-refractivity contribution in [3.63, 3.8) is 0 Å². The summed E-state index contributed by atoms with van der Waals surface area (Å²) in [6.45, 7) is 14.0. The molecule has 0 atom stereocenters. The van der Waals surface area contributed by atoms with Crippen molar-refractivity contribution in [3.05, 3.63) is 106 Å². The molecule has 6 rings (SSSR count). The van der Waals surface area contributed by atoms with Gasteiger partial charge in [0.15, 0.2) is 0 Å². The number of hydrogen-bond acceptors (Lipinski definition) is 1. The van der Waals surface area contributed by atoms with E-state index in [-0.39, 0.29) is 12.1 Å². The van der Waals surface area contributed by atoms with Crippen LogP contribution in [0.2, 0.25) is 0 Å². The molecule has 0 saturated carbocycles. The highest BCUT2D eigenvalue weighted by molar-refractivity contribution is 6.99. The molecule has 0 fully saturated rings. The van der Waals surface area contributed by atoms with E-state index < -0.39 is 0 Å². The van der Waals surface area contributed by atoms with E-state index in [1.54, 1.807) is 0 Å². The summed E-state index contributed by atoms with van der Waals surface area (Å²) in [6, 6.07) is 27.7. The second-order valence-electron chi connectivity index (χ2n) is 10.6. The number of rotatable bonds is 1. The van der Waals surface area contributed by atoms with Crippen molar-refractivity contribution in [2.75, 3.05) is 4.90 Å². The van der Waals surface area contributed by atoms with Gasteiger partial charge in [-0.05, 0) is 79.6 Å². The molecule has 0 amide bonds. The molecule has 0 unspecified atom stereocenters. The molecule has 0 bridgehead atoms. The van der Waals surface area contributed by atoms with Crippen molar-refractivity contribution in [3.8, 4) is 0 Å². The molecule has 2 heterocycles. The minimum Gasteiger partial charge on any atom is -0.312 e. The molecule has 0 saturated heterocycles. The average molecular weight is 427 g/mol. The Morgan fingerprint density at radius 3 is 2.03 bits per heavy atom. The molecule has 162 valence electrons. The Bertz CT molecular complexity index is 1430. The third kappa shape index (κ3) is 2.80. The summed E-state index contributed by atoms with van der Waals surface area (Å²) in [6.07, 6.45) is 0. The Labute approximate surface area is 198 Å². The second-order valence-corrected chi connectivity index (χ2v) is 10.6. The largest absolute Gasteiger partial charge is 0.312 e. The molecule has 0 spiro atoms. The quantitative estimate of drug-likeness (QED) is 0.303. The summed E-state index contributed by atoms with van der Waals surface area (Å²) in [5.74, 6) is 0. The molecule has 4 aromatic carbocycles. The lowest BCUT2D eigenvalue weighted by Gasteiger charge is -2.46. The van der Waals surface area contributed by atoms with Gasteiger partial charge in [-0.1, -0.05) is 84.5 Å². The van der Waals surface area contributed by atoms with Gasteiger partial charge in [0.25, 0.3) is 0 Å². The zero-order chi connectivity index (χ0) is 23.1. The van der Waals surface area contributed by atoms with Gasteiger partial charge in [-0.3, -0.25) is 0 Å². The second kappa shape index (κ2) is 6.87. The van der Waals surface area contributed by atoms with Crippen LogP contribution in [0, 0.1) is 27.7 Å². The van der Waals surface area contributed by atoms with Gasteiger partial charge >= 0.3 is 0 Å². The first kappa shape index (κ1) is 20.4. The highest BCUT2D eigenvalue weighted by Gasteiger charge is 2.46. The van der Waals surface area contributed by atoms with E-state index in [0.717, 1.165) is 0 Å². The minimum atomic E-state index is -0.0481. The zero-order valence-corrected chi connectivity index (χ0v) is 20.5. The summed E-state index contributed by atoms with van der Waals surface area (Å²) < 4.78 is 0. The first-order valence-corrected chi connectivity index (χ1v) is 12.0. The molecule has 0 N–H and O–H groups in total. The topological polar surface area (TPSA) is 3.24 Å². The van der Waals surface area contributed by atoms with Crippen molar-refractivity contribution >= 4 is 40.2 Å². The lowest BCUT2D eigenvalue weighted by Crippen LogP contribution is -2.64. The number of anilines is 3. The maximum absolute atomic E-state index is 2.48. The van der Waals surface area contributed by atoms with Gasteiger partial charge in [0, 0.05) is 22.5 Å². The fraction of sp³-hybridized carbons (Fsp3) is 0.226.